The fourth-order valence-electron chi connectivity index (χ4n) is 2.56. The first-order chi connectivity index (χ1) is 9.84. The van der Waals surface area contributed by atoms with E-state index in [1.165, 1.54) is 0 Å². The highest BCUT2D eigenvalue weighted by Crippen LogP contribution is 2.30. The Hall–Kier alpha value is -1.24. The van der Waals surface area contributed by atoms with Crippen LogP contribution in [0.4, 0.5) is 14.5 Å². The Kier molecular flexibility index (Phi) is 6.28. The summed E-state index contributed by atoms with van der Waals surface area (Å²) in [5, 5.41) is 2.45. The van der Waals surface area contributed by atoms with Crippen LogP contribution in [0.1, 0.15) is 20.3 Å². The lowest BCUT2D eigenvalue weighted by atomic mass is 9.90. The van der Waals surface area contributed by atoms with Crippen molar-refractivity contribution < 1.29 is 13.6 Å². The fraction of sp³-hybridized carbons (Fsp3) is 0.533. The van der Waals surface area contributed by atoms with E-state index < -0.39 is 17.7 Å². The van der Waals surface area contributed by atoms with Crippen molar-refractivity contribution in [3.05, 3.63) is 29.8 Å². The number of rotatable bonds is 4. The molecule has 1 aliphatic heterocycles. The smallest absolute Gasteiger partial charge is 0.241 e. The van der Waals surface area contributed by atoms with E-state index in [-0.39, 0.29) is 29.4 Å². The molecule has 0 radical (unpaired) electrons. The molecule has 0 bridgehead atoms. The van der Waals surface area contributed by atoms with E-state index in [1.54, 1.807) is 6.92 Å². The Morgan fingerprint density at radius 3 is 2.77 bits per heavy atom. The largest absolute Gasteiger partial charge is 0.330 e. The molecule has 4 nitrogen and oxygen atoms in total. The van der Waals surface area contributed by atoms with Crippen LogP contribution in [0.5, 0.6) is 0 Å². The monoisotopic (exact) mass is 333 g/mol. The highest BCUT2D eigenvalue weighted by atomic mass is 35.5. The van der Waals surface area contributed by atoms with Crippen molar-refractivity contribution in [2.24, 2.45) is 11.1 Å². The van der Waals surface area contributed by atoms with Gasteiger partial charge in [-0.15, -0.1) is 12.4 Å². The minimum atomic E-state index is -0.648. The number of halogens is 3. The number of anilines is 1. The van der Waals surface area contributed by atoms with Gasteiger partial charge < -0.3 is 11.1 Å². The van der Waals surface area contributed by atoms with E-state index >= 15 is 0 Å². The van der Waals surface area contributed by atoms with E-state index in [0.29, 0.717) is 6.54 Å². The average Bonchev–Trinajstić information content (AvgIpc) is 2.85. The van der Waals surface area contributed by atoms with Gasteiger partial charge in [-0.2, -0.15) is 0 Å². The molecule has 1 aliphatic rings. The van der Waals surface area contributed by atoms with Gasteiger partial charge in [0.05, 0.1) is 11.7 Å². The van der Waals surface area contributed by atoms with E-state index in [4.69, 9.17) is 5.73 Å². The molecule has 1 aromatic rings. The predicted octanol–water partition coefficient (Wildman–Crippen LogP) is 2.38. The van der Waals surface area contributed by atoms with Gasteiger partial charge in [0.25, 0.3) is 0 Å². The number of nitrogens with two attached hydrogens (primary N) is 1. The van der Waals surface area contributed by atoms with E-state index in [1.807, 2.05) is 4.90 Å². The first-order valence-corrected chi connectivity index (χ1v) is 7.05. The Morgan fingerprint density at radius 2 is 2.18 bits per heavy atom. The Balaban J connectivity index is 0.00000242. The number of likely N-dealkylation sites (tertiary alicyclic amines) is 1. The highest BCUT2D eigenvalue weighted by molar-refractivity contribution is 5.94. The van der Waals surface area contributed by atoms with Gasteiger partial charge in [-0.3, -0.25) is 9.69 Å². The van der Waals surface area contributed by atoms with Crippen LogP contribution in [-0.4, -0.2) is 36.5 Å². The molecule has 1 heterocycles. The molecule has 1 aromatic carbocycles. The van der Waals surface area contributed by atoms with Crippen molar-refractivity contribution in [3.8, 4) is 0 Å². The number of carbonyl (C=O) groups is 1. The van der Waals surface area contributed by atoms with Crippen LogP contribution < -0.4 is 11.1 Å². The van der Waals surface area contributed by atoms with Gasteiger partial charge >= 0.3 is 0 Å². The molecule has 2 atom stereocenters. The lowest BCUT2D eigenvalue weighted by Gasteiger charge is -2.26. The second-order valence-corrected chi connectivity index (χ2v) is 6.02. The number of hydrogen-bond acceptors (Lipinski definition) is 3. The average molecular weight is 334 g/mol. The molecular formula is C15H22ClF2N3O. The quantitative estimate of drug-likeness (QED) is 0.889. The number of amides is 1. The normalized spacial score (nSPS) is 23.0. The number of nitrogens with zero attached hydrogens (tertiary/aromatic N) is 1. The molecule has 0 saturated carbocycles. The van der Waals surface area contributed by atoms with Crippen LogP contribution in [0.3, 0.4) is 0 Å². The Labute approximate surface area is 135 Å². The van der Waals surface area contributed by atoms with Crippen LogP contribution in [-0.2, 0) is 4.79 Å². The maximum absolute atomic E-state index is 13.5. The third-order valence-electron chi connectivity index (χ3n) is 4.19. The second kappa shape index (κ2) is 7.35. The maximum atomic E-state index is 13.5. The minimum Gasteiger partial charge on any atom is -0.330 e. The standard InChI is InChI=1S/C15H21F2N3O.ClH/c1-10(20-6-5-15(2,8-18)9-20)14(21)19-13-7-11(16)3-4-12(13)17;/h3-4,7,10H,5-6,8-9,18H2,1-2H3,(H,19,21);1H. The Morgan fingerprint density at radius 1 is 1.50 bits per heavy atom. The van der Waals surface area contributed by atoms with Crippen molar-refractivity contribution in [1.82, 2.24) is 4.90 Å². The molecule has 1 fully saturated rings. The molecule has 2 rings (SSSR count). The molecule has 3 N–H and O–H groups in total. The summed E-state index contributed by atoms with van der Waals surface area (Å²) in [4.78, 5) is 14.2. The lowest BCUT2D eigenvalue weighted by Crippen LogP contribution is -2.42. The number of carbonyl (C=O) groups excluding carboxylic acids is 1. The van der Waals surface area contributed by atoms with Gasteiger partial charge in [-0.05, 0) is 44.0 Å². The molecule has 22 heavy (non-hydrogen) atoms. The summed E-state index contributed by atoms with van der Waals surface area (Å²) in [6.07, 6.45) is 0.926. The summed E-state index contributed by atoms with van der Waals surface area (Å²) in [5.74, 6) is -1.58. The van der Waals surface area contributed by atoms with Crippen molar-refractivity contribution in [3.63, 3.8) is 0 Å². The molecular weight excluding hydrogens is 312 g/mol. The predicted molar refractivity (Wildman–Crippen MR) is 85.0 cm³/mol. The van der Waals surface area contributed by atoms with Crippen molar-refractivity contribution in [2.45, 2.75) is 26.3 Å². The zero-order valence-corrected chi connectivity index (χ0v) is 13.6. The van der Waals surface area contributed by atoms with Gasteiger partial charge in [0.15, 0.2) is 0 Å². The SMILES string of the molecule is CC(C(=O)Nc1cc(F)ccc1F)N1CCC(C)(CN)C1.Cl. The van der Waals surface area contributed by atoms with Gasteiger partial charge in [0.2, 0.25) is 5.91 Å². The van der Waals surface area contributed by atoms with Crippen LogP contribution in [0.25, 0.3) is 0 Å². The first kappa shape index (κ1) is 18.8. The summed E-state index contributed by atoms with van der Waals surface area (Å²) < 4.78 is 26.6. The van der Waals surface area contributed by atoms with E-state index in [9.17, 15) is 13.6 Å². The molecule has 0 aliphatic carbocycles. The van der Waals surface area contributed by atoms with E-state index in [2.05, 4.69) is 12.2 Å². The Bertz CT molecular complexity index is 544. The third-order valence-corrected chi connectivity index (χ3v) is 4.19. The number of benzene rings is 1. The summed E-state index contributed by atoms with van der Waals surface area (Å²) in [6, 6.07) is 2.58. The van der Waals surface area contributed by atoms with Gasteiger partial charge in [0.1, 0.15) is 11.6 Å². The van der Waals surface area contributed by atoms with Gasteiger partial charge in [-0.1, -0.05) is 6.92 Å². The summed E-state index contributed by atoms with van der Waals surface area (Å²) in [6.45, 7) is 5.91. The highest BCUT2D eigenvalue weighted by Gasteiger charge is 2.36. The third kappa shape index (κ3) is 4.15. The molecule has 124 valence electrons. The van der Waals surface area contributed by atoms with Crippen molar-refractivity contribution in [2.75, 3.05) is 25.0 Å². The zero-order chi connectivity index (χ0) is 15.6. The maximum Gasteiger partial charge on any atom is 0.241 e. The first-order valence-electron chi connectivity index (χ1n) is 7.05. The summed E-state index contributed by atoms with van der Waals surface area (Å²) in [5.41, 5.74) is 5.63. The summed E-state index contributed by atoms with van der Waals surface area (Å²) >= 11 is 0. The van der Waals surface area contributed by atoms with Crippen LogP contribution in [0, 0.1) is 17.0 Å². The van der Waals surface area contributed by atoms with Crippen LogP contribution in [0.15, 0.2) is 18.2 Å². The van der Waals surface area contributed by atoms with Crippen LogP contribution in [0.2, 0.25) is 0 Å². The molecule has 1 saturated heterocycles. The molecule has 0 aromatic heterocycles. The lowest BCUT2D eigenvalue weighted by molar-refractivity contribution is -0.120. The molecule has 7 heteroatoms. The minimum absolute atomic E-state index is 0. The number of nitrogens with one attached hydrogen (secondary N) is 1. The molecule has 2 unspecified atom stereocenters. The fourth-order valence-corrected chi connectivity index (χ4v) is 2.56. The zero-order valence-electron chi connectivity index (χ0n) is 12.7. The van der Waals surface area contributed by atoms with Crippen LogP contribution >= 0.6 is 12.4 Å². The van der Waals surface area contributed by atoms with Gasteiger partial charge in [-0.25, -0.2) is 8.78 Å². The van der Waals surface area contributed by atoms with E-state index in [0.717, 1.165) is 37.7 Å². The topological polar surface area (TPSA) is 58.4 Å². The van der Waals surface area contributed by atoms with Crippen molar-refractivity contribution >= 4 is 24.0 Å². The molecule has 1 amide bonds. The van der Waals surface area contributed by atoms with Gasteiger partial charge in [0, 0.05) is 12.6 Å². The number of hydrogen-bond donors (Lipinski definition) is 2. The second-order valence-electron chi connectivity index (χ2n) is 6.02. The summed E-state index contributed by atoms with van der Waals surface area (Å²) in [7, 11) is 0. The molecule has 0 spiro atoms. The van der Waals surface area contributed by atoms with Crippen molar-refractivity contribution in [1.29, 1.82) is 0 Å².